The Hall–Kier alpha value is -3.63. The van der Waals surface area contributed by atoms with Gasteiger partial charge in [-0.25, -0.2) is 9.18 Å². The number of aliphatic hydroxyl groups excluding tert-OH is 1. The number of aliphatic hydroxyl groups is 1. The van der Waals surface area contributed by atoms with E-state index in [1.807, 2.05) is 0 Å². The fraction of sp³-hybridized carbons (Fsp3) is 0.467. The van der Waals surface area contributed by atoms with Crippen LogP contribution in [-0.2, 0) is 0 Å². The van der Waals surface area contributed by atoms with Gasteiger partial charge in [0.1, 0.15) is 17.3 Å². The number of hydrogen-bond acceptors (Lipinski definition) is 7. The number of pyridine rings is 1. The average molecular weight is 557 g/mol. The molecule has 218 valence electrons. The first-order valence-corrected chi connectivity index (χ1v) is 13.6. The monoisotopic (exact) mass is 556 g/mol. The van der Waals surface area contributed by atoms with E-state index < -0.39 is 11.8 Å². The van der Waals surface area contributed by atoms with Gasteiger partial charge in [0, 0.05) is 43.4 Å². The third-order valence-electron chi connectivity index (χ3n) is 6.30. The zero-order valence-corrected chi connectivity index (χ0v) is 24.1. The number of fused-ring (bicyclic) bond motifs is 1. The fourth-order valence-electron chi connectivity index (χ4n) is 4.03. The maximum Gasteiger partial charge on any atom is 0.319 e. The summed E-state index contributed by atoms with van der Waals surface area (Å²) in [5.74, 6) is 1.21. The third-order valence-corrected chi connectivity index (χ3v) is 6.30. The summed E-state index contributed by atoms with van der Waals surface area (Å²) in [7, 11) is 1.56. The zero-order valence-electron chi connectivity index (χ0n) is 24.1. The van der Waals surface area contributed by atoms with Crippen molar-refractivity contribution in [3.63, 3.8) is 0 Å². The number of rotatable bonds is 14. The van der Waals surface area contributed by atoms with E-state index in [4.69, 9.17) is 19.3 Å². The number of halogens is 1. The van der Waals surface area contributed by atoms with Gasteiger partial charge in [0.2, 0.25) is 0 Å². The van der Waals surface area contributed by atoms with Crippen LogP contribution in [-0.4, -0.2) is 67.5 Å². The quantitative estimate of drug-likeness (QED) is 0.215. The number of aromatic nitrogens is 1. The van der Waals surface area contributed by atoms with E-state index in [1.54, 1.807) is 37.6 Å². The average Bonchev–Trinajstić information content (AvgIpc) is 2.91. The van der Waals surface area contributed by atoms with Gasteiger partial charge in [0.05, 0.1) is 31.5 Å². The zero-order chi connectivity index (χ0) is 29.1. The van der Waals surface area contributed by atoms with Crippen molar-refractivity contribution in [2.75, 3.05) is 51.8 Å². The van der Waals surface area contributed by atoms with E-state index >= 15 is 0 Å². The lowest BCUT2D eigenvalue weighted by molar-refractivity contribution is 0.188. The molecular weight excluding hydrogens is 515 g/mol. The number of carbonyl (C=O) groups is 1. The molecule has 3 aromatic rings. The Balaban J connectivity index is 1.67. The first kappa shape index (κ1) is 30.9. The molecule has 40 heavy (non-hydrogen) atoms. The number of anilines is 1. The van der Waals surface area contributed by atoms with E-state index in [2.05, 4.69) is 48.2 Å². The number of amides is 2. The Bertz CT molecular complexity index is 1260. The van der Waals surface area contributed by atoms with Crippen molar-refractivity contribution >= 4 is 22.6 Å². The second kappa shape index (κ2) is 14.7. The van der Waals surface area contributed by atoms with Crippen LogP contribution in [0.2, 0.25) is 0 Å². The van der Waals surface area contributed by atoms with Gasteiger partial charge in [-0.2, -0.15) is 0 Å². The third kappa shape index (κ3) is 9.24. The fourth-order valence-corrected chi connectivity index (χ4v) is 4.03. The summed E-state index contributed by atoms with van der Waals surface area (Å²) in [4.78, 5) is 18.7. The second-order valence-corrected chi connectivity index (χ2v) is 10.6. The summed E-state index contributed by atoms with van der Waals surface area (Å²) in [6.07, 6.45) is 3.20. The van der Waals surface area contributed by atoms with Gasteiger partial charge in [-0.1, -0.05) is 27.7 Å². The number of nitrogens with one attached hydrogen (secondary N) is 2. The molecule has 3 rings (SSSR count). The van der Waals surface area contributed by atoms with Gasteiger partial charge in [-0.05, 0) is 49.1 Å². The molecule has 0 saturated heterocycles. The Morgan fingerprint density at radius 1 is 1.10 bits per heavy atom. The number of benzene rings is 2. The molecule has 1 aromatic heterocycles. The molecule has 2 aromatic carbocycles. The lowest BCUT2D eigenvalue weighted by Gasteiger charge is -2.19. The molecule has 0 spiro atoms. The molecule has 0 fully saturated rings. The molecule has 9 nitrogen and oxygen atoms in total. The Labute approximate surface area is 235 Å². The van der Waals surface area contributed by atoms with Crippen LogP contribution < -0.4 is 24.8 Å². The lowest BCUT2D eigenvalue weighted by atomic mass is 9.92. The highest BCUT2D eigenvalue weighted by Gasteiger charge is 2.15. The van der Waals surface area contributed by atoms with Crippen molar-refractivity contribution in [1.82, 2.24) is 15.2 Å². The molecule has 0 bridgehead atoms. The normalized spacial score (nSPS) is 11.5. The van der Waals surface area contributed by atoms with E-state index in [0.29, 0.717) is 47.8 Å². The van der Waals surface area contributed by atoms with Crippen LogP contribution in [0.15, 0.2) is 42.6 Å². The predicted octanol–water partition coefficient (Wildman–Crippen LogP) is 5.82. The van der Waals surface area contributed by atoms with Crippen LogP contribution in [0.4, 0.5) is 14.9 Å². The molecule has 0 unspecified atom stereocenters. The standard InChI is InChI=1S/C30H41FN4O5/c1-6-35(15-16-36)14-7-17-39-28-20-25-22(19-27(28)38-5)26(10-12-32-25)40-21-8-9-24(23(31)18-21)34-29(37)33-13-11-30(2,3)4/h8-10,12,18-20,36H,6-7,11,13-17H2,1-5H3,(H2,33,34,37). The highest BCUT2D eigenvalue weighted by Crippen LogP contribution is 2.37. The van der Waals surface area contributed by atoms with E-state index in [0.717, 1.165) is 25.9 Å². The predicted molar refractivity (Wildman–Crippen MR) is 155 cm³/mol. The topological polar surface area (TPSA) is 105 Å². The van der Waals surface area contributed by atoms with Crippen LogP contribution >= 0.6 is 0 Å². The first-order chi connectivity index (χ1) is 19.1. The minimum Gasteiger partial charge on any atom is -0.493 e. The number of urea groups is 1. The second-order valence-electron chi connectivity index (χ2n) is 10.6. The number of carbonyl (C=O) groups excluding carboxylic acids is 1. The summed E-state index contributed by atoms with van der Waals surface area (Å²) >= 11 is 0. The number of likely N-dealkylation sites (N-methyl/N-ethyl adjacent to an activating group) is 1. The smallest absolute Gasteiger partial charge is 0.319 e. The molecule has 3 N–H and O–H groups in total. The maximum absolute atomic E-state index is 14.8. The molecule has 0 saturated carbocycles. The summed E-state index contributed by atoms with van der Waals surface area (Å²) in [6.45, 7) is 11.7. The summed E-state index contributed by atoms with van der Waals surface area (Å²) in [5.41, 5.74) is 0.780. The highest BCUT2D eigenvalue weighted by atomic mass is 19.1. The number of hydrogen-bond donors (Lipinski definition) is 3. The molecule has 0 atom stereocenters. The maximum atomic E-state index is 14.8. The van der Waals surface area contributed by atoms with Crippen LogP contribution in [0.25, 0.3) is 10.9 Å². The van der Waals surface area contributed by atoms with Crippen molar-refractivity contribution in [2.24, 2.45) is 5.41 Å². The molecule has 10 heteroatoms. The van der Waals surface area contributed by atoms with Gasteiger partial charge in [0.25, 0.3) is 0 Å². The van der Waals surface area contributed by atoms with Crippen molar-refractivity contribution in [1.29, 1.82) is 0 Å². The van der Waals surface area contributed by atoms with Crippen molar-refractivity contribution in [2.45, 2.75) is 40.5 Å². The summed E-state index contributed by atoms with van der Waals surface area (Å²) in [6, 6.07) is 9.08. The molecule has 2 amide bonds. The van der Waals surface area contributed by atoms with Crippen LogP contribution in [0.5, 0.6) is 23.0 Å². The van der Waals surface area contributed by atoms with Gasteiger partial charge < -0.3 is 34.9 Å². The Kier molecular flexibility index (Phi) is 11.3. The molecule has 0 aliphatic rings. The lowest BCUT2D eigenvalue weighted by Crippen LogP contribution is -2.31. The Morgan fingerprint density at radius 3 is 2.58 bits per heavy atom. The Morgan fingerprint density at radius 2 is 1.90 bits per heavy atom. The van der Waals surface area contributed by atoms with E-state index in [-0.39, 0.29) is 23.5 Å². The summed E-state index contributed by atoms with van der Waals surface area (Å²) in [5, 5.41) is 15.1. The largest absolute Gasteiger partial charge is 0.493 e. The van der Waals surface area contributed by atoms with E-state index in [1.165, 1.54) is 12.1 Å². The van der Waals surface area contributed by atoms with Crippen molar-refractivity contribution < 1.29 is 28.5 Å². The molecule has 0 aliphatic heterocycles. The number of nitrogens with zero attached hydrogens (tertiary/aromatic N) is 2. The van der Waals surface area contributed by atoms with Gasteiger partial charge in [-0.15, -0.1) is 0 Å². The first-order valence-electron chi connectivity index (χ1n) is 13.6. The van der Waals surface area contributed by atoms with Gasteiger partial charge in [-0.3, -0.25) is 4.98 Å². The molecule has 0 radical (unpaired) electrons. The highest BCUT2D eigenvalue weighted by molar-refractivity contribution is 5.90. The number of ether oxygens (including phenoxy) is 3. The van der Waals surface area contributed by atoms with Crippen molar-refractivity contribution in [3.8, 4) is 23.0 Å². The van der Waals surface area contributed by atoms with Crippen LogP contribution in [0.3, 0.4) is 0 Å². The van der Waals surface area contributed by atoms with Crippen LogP contribution in [0.1, 0.15) is 40.5 Å². The van der Waals surface area contributed by atoms with E-state index in [9.17, 15) is 9.18 Å². The minimum absolute atomic E-state index is 0.0575. The minimum atomic E-state index is -0.615. The van der Waals surface area contributed by atoms with Crippen LogP contribution in [0, 0.1) is 11.2 Å². The molecule has 1 heterocycles. The van der Waals surface area contributed by atoms with Crippen molar-refractivity contribution in [3.05, 3.63) is 48.4 Å². The summed E-state index contributed by atoms with van der Waals surface area (Å²) < 4.78 is 32.3. The van der Waals surface area contributed by atoms with Gasteiger partial charge in [0.15, 0.2) is 11.5 Å². The SMILES string of the molecule is CCN(CCO)CCCOc1cc2nccc(Oc3ccc(NC(=O)NCCC(C)(C)C)c(F)c3)c2cc1OC. The van der Waals surface area contributed by atoms with Gasteiger partial charge >= 0.3 is 6.03 Å². The molecule has 0 aliphatic carbocycles. The molecular formula is C30H41FN4O5. The number of methoxy groups -OCH3 is 1.